The average Bonchev–Trinajstić information content (AvgIpc) is 2.62. The van der Waals surface area contributed by atoms with Crippen LogP contribution in [0.15, 0.2) is 36.7 Å². The topological polar surface area (TPSA) is 61.5 Å². The molecule has 0 radical (unpaired) electrons. The van der Waals surface area contributed by atoms with E-state index >= 15 is 0 Å². The molecule has 2 heterocycles. The van der Waals surface area contributed by atoms with Crippen molar-refractivity contribution in [3.05, 3.63) is 36.7 Å². The van der Waals surface area contributed by atoms with Crippen molar-refractivity contribution in [3.8, 4) is 0 Å². The summed E-state index contributed by atoms with van der Waals surface area (Å²) >= 11 is 0. The lowest BCUT2D eigenvalue weighted by Crippen LogP contribution is -2.46. The number of anilines is 4. The first-order chi connectivity index (χ1) is 11.2. The van der Waals surface area contributed by atoms with Gasteiger partial charge in [-0.3, -0.25) is 0 Å². The van der Waals surface area contributed by atoms with Crippen LogP contribution < -0.4 is 15.5 Å². The molecule has 0 aliphatic carbocycles. The molecule has 6 nitrogen and oxygen atoms in total. The third kappa shape index (κ3) is 3.22. The molecule has 1 aromatic carbocycles. The number of nitrogens with zero attached hydrogens (tertiary/aromatic N) is 5. The summed E-state index contributed by atoms with van der Waals surface area (Å²) in [7, 11) is 1.98. The maximum Gasteiger partial charge on any atom is 0.161 e. The summed E-state index contributed by atoms with van der Waals surface area (Å²) in [6, 6.07) is 10.1. The van der Waals surface area contributed by atoms with Crippen LogP contribution in [0.5, 0.6) is 0 Å². The minimum atomic E-state index is 0.642. The van der Waals surface area contributed by atoms with Crippen LogP contribution >= 0.6 is 0 Å². The number of para-hydroxylation sites is 1. The molecule has 1 aliphatic rings. The molecule has 0 saturated carbocycles. The number of nitrogens with two attached hydrogens (primary N) is 1. The molecule has 1 aliphatic heterocycles. The fourth-order valence-electron chi connectivity index (χ4n) is 2.95. The van der Waals surface area contributed by atoms with Crippen molar-refractivity contribution in [2.24, 2.45) is 0 Å². The molecule has 0 unspecified atom stereocenters. The fraction of sp³-hybridized carbons (Fsp3) is 0.412. The van der Waals surface area contributed by atoms with Crippen LogP contribution in [0.2, 0.25) is 0 Å². The highest BCUT2D eigenvalue weighted by molar-refractivity contribution is 5.79. The van der Waals surface area contributed by atoms with Gasteiger partial charge in [0, 0.05) is 38.9 Å². The molecule has 122 valence electrons. The van der Waals surface area contributed by atoms with Crippen LogP contribution in [0.3, 0.4) is 0 Å². The van der Waals surface area contributed by atoms with Gasteiger partial charge in [0.05, 0.1) is 0 Å². The number of nitrogen functional groups attached to an aromatic ring is 1. The third-order valence-electron chi connectivity index (χ3n) is 4.42. The van der Waals surface area contributed by atoms with E-state index in [2.05, 4.69) is 26.7 Å². The average molecular weight is 312 g/mol. The van der Waals surface area contributed by atoms with E-state index in [1.54, 1.807) is 6.33 Å². The van der Waals surface area contributed by atoms with E-state index in [1.807, 2.05) is 42.3 Å². The molecule has 6 heteroatoms. The predicted octanol–water partition coefficient (Wildman–Crippen LogP) is 1.97. The lowest BCUT2D eigenvalue weighted by molar-refractivity contribution is 0.270. The van der Waals surface area contributed by atoms with Crippen molar-refractivity contribution in [2.45, 2.75) is 6.92 Å². The maximum atomic E-state index is 6.40. The SMILES string of the molecule is CCN1CCN(c2ncnc(N(C)c3ccccc3)c2N)CC1. The molecule has 1 saturated heterocycles. The largest absolute Gasteiger partial charge is 0.393 e. The molecule has 1 aromatic heterocycles. The Kier molecular flexibility index (Phi) is 4.62. The van der Waals surface area contributed by atoms with E-state index in [0.29, 0.717) is 5.69 Å². The maximum absolute atomic E-state index is 6.40. The summed E-state index contributed by atoms with van der Waals surface area (Å²) in [4.78, 5) is 15.5. The Bertz CT molecular complexity index is 637. The number of benzene rings is 1. The summed E-state index contributed by atoms with van der Waals surface area (Å²) in [6.07, 6.45) is 1.60. The van der Waals surface area contributed by atoms with Gasteiger partial charge in [0.15, 0.2) is 11.6 Å². The highest BCUT2D eigenvalue weighted by atomic mass is 15.3. The fourth-order valence-corrected chi connectivity index (χ4v) is 2.95. The van der Waals surface area contributed by atoms with E-state index < -0.39 is 0 Å². The number of rotatable bonds is 4. The summed E-state index contributed by atoms with van der Waals surface area (Å²) in [5, 5.41) is 0. The van der Waals surface area contributed by atoms with Gasteiger partial charge in [0.1, 0.15) is 12.0 Å². The highest BCUT2D eigenvalue weighted by Gasteiger charge is 2.21. The van der Waals surface area contributed by atoms with Crippen LogP contribution in [0.1, 0.15) is 6.92 Å². The van der Waals surface area contributed by atoms with Gasteiger partial charge in [0.25, 0.3) is 0 Å². The number of hydrogen-bond donors (Lipinski definition) is 1. The van der Waals surface area contributed by atoms with Gasteiger partial charge in [0.2, 0.25) is 0 Å². The lowest BCUT2D eigenvalue weighted by Gasteiger charge is -2.35. The molecule has 23 heavy (non-hydrogen) atoms. The second-order valence-electron chi connectivity index (χ2n) is 5.75. The molecule has 3 rings (SSSR count). The van der Waals surface area contributed by atoms with Crippen LogP contribution in [0.25, 0.3) is 0 Å². The summed E-state index contributed by atoms with van der Waals surface area (Å²) in [5.41, 5.74) is 8.10. The van der Waals surface area contributed by atoms with E-state index in [4.69, 9.17) is 5.73 Å². The van der Waals surface area contributed by atoms with Gasteiger partial charge < -0.3 is 20.4 Å². The molecule has 0 bridgehead atoms. The van der Waals surface area contributed by atoms with Crippen LogP contribution in [-0.4, -0.2) is 54.6 Å². The van der Waals surface area contributed by atoms with E-state index in [-0.39, 0.29) is 0 Å². The van der Waals surface area contributed by atoms with Gasteiger partial charge in [-0.25, -0.2) is 9.97 Å². The quantitative estimate of drug-likeness (QED) is 0.931. The predicted molar refractivity (Wildman–Crippen MR) is 95.3 cm³/mol. The molecule has 0 atom stereocenters. The van der Waals surface area contributed by atoms with Gasteiger partial charge in [-0.1, -0.05) is 25.1 Å². The Morgan fingerprint density at radius 2 is 1.78 bits per heavy atom. The zero-order chi connectivity index (χ0) is 16.2. The van der Waals surface area contributed by atoms with E-state index in [1.165, 1.54) is 0 Å². The van der Waals surface area contributed by atoms with Gasteiger partial charge in [-0.2, -0.15) is 0 Å². The second kappa shape index (κ2) is 6.83. The highest BCUT2D eigenvalue weighted by Crippen LogP contribution is 2.32. The van der Waals surface area contributed by atoms with Crippen LogP contribution in [0, 0.1) is 0 Å². The van der Waals surface area contributed by atoms with Crippen LogP contribution in [-0.2, 0) is 0 Å². The van der Waals surface area contributed by atoms with Crippen molar-refractivity contribution in [3.63, 3.8) is 0 Å². The molecule has 1 fully saturated rings. The normalized spacial score (nSPS) is 15.7. The first-order valence-electron chi connectivity index (χ1n) is 8.07. The number of aromatic nitrogens is 2. The summed E-state index contributed by atoms with van der Waals surface area (Å²) in [6.45, 7) is 7.28. The molecule has 2 N–H and O–H groups in total. The lowest BCUT2D eigenvalue weighted by atomic mass is 10.2. The minimum Gasteiger partial charge on any atom is -0.393 e. The molecular weight excluding hydrogens is 288 g/mol. The number of hydrogen-bond acceptors (Lipinski definition) is 6. The van der Waals surface area contributed by atoms with Crippen molar-refractivity contribution in [1.82, 2.24) is 14.9 Å². The van der Waals surface area contributed by atoms with Crippen LogP contribution in [0.4, 0.5) is 23.0 Å². The van der Waals surface area contributed by atoms with Gasteiger partial charge in [-0.05, 0) is 18.7 Å². The zero-order valence-corrected chi connectivity index (χ0v) is 13.8. The Balaban J connectivity index is 1.84. The molecule has 2 aromatic rings. The van der Waals surface area contributed by atoms with Crippen molar-refractivity contribution >= 4 is 23.0 Å². The number of likely N-dealkylation sites (N-methyl/N-ethyl adjacent to an activating group) is 1. The smallest absolute Gasteiger partial charge is 0.161 e. The minimum absolute atomic E-state index is 0.642. The van der Waals surface area contributed by atoms with Crippen molar-refractivity contribution in [2.75, 3.05) is 55.3 Å². The summed E-state index contributed by atoms with van der Waals surface area (Å²) in [5.74, 6) is 1.59. The monoisotopic (exact) mass is 312 g/mol. The second-order valence-corrected chi connectivity index (χ2v) is 5.75. The first kappa shape index (κ1) is 15.6. The van der Waals surface area contributed by atoms with Crippen molar-refractivity contribution < 1.29 is 0 Å². The third-order valence-corrected chi connectivity index (χ3v) is 4.42. The molecular formula is C17H24N6. The standard InChI is InChI=1S/C17H24N6/c1-3-22-9-11-23(12-10-22)17-15(18)16(19-13-20-17)21(2)14-7-5-4-6-8-14/h4-8,13H,3,9-12,18H2,1-2H3. The van der Waals surface area contributed by atoms with E-state index in [9.17, 15) is 0 Å². The zero-order valence-electron chi connectivity index (χ0n) is 13.8. The van der Waals surface area contributed by atoms with E-state index in [0.717, 1.165) is 50.0 Å². The molecule has 0 spiro atoms. The Hall–Kier alpha value is -2.34. The van der Waals surface area contributed by atoms with Gasteiger partial charge in [-0.15, -0.1) is 0 Å². The summed E-state index contributed by atoms with van der Waals surface area (Å²) < 4.78 is 0. The van der Waals surface area contributed by atoms with Crippen molar-refractivity contribution in [1.29, 1.82) is 0 Å². The molecule has 0 amide bonds. The van der Waals surface area contributed by atoms with Gasteiger partial charge >= 0.3 is 0 Å². The Morgan fingerprint density at radius 3 is 2.43 bits per heavy atom. The Morgan fingerprint density at radius 1 is 1.09 bits per heavy atom. The number of piperazine rings is 1. The first-order valence-corrected chi connectivity index (χ1v) is 8.07. The Labute approximate surface area is 137 Å².